The van der Waals surface area contributed by atoms with E-state index in [1.54, 1.807) is 35.2 Å². The smallest absolute Gasteiger partial charge is 0.473 e. The lowest BCUT2D eigenvalue weighted by atomic mass is 9.83. The van der Waals surface area contributed by atoms with Crippen molar-refractivity contribution in [1.29, 1.82) is 0 Å². The fraction of sp³-hybridized carbons (Fsp3) is 0.0667. The van der Waals surface area contributed by atoms with Crippen molar-refractivity contribution in [3.8, 4) is 10.6 Å². The molecule has 0 saturated carbocycles. The van der Waals surface area contributed by atoms with Crippen LogP contribution in [0.1, 0.15) is 7.43 Å². The summed E-state index contributed by atoms with van der Waals surface area (Å²) in [7, 11) is -1.41. The molecule has 0 aliphatic carbocycles. The van der Waals surface area contributed by atoms with Crippen LogP contribution in [0.4, 0.5) is 0 Å². The predicted molar refractivity (Wildman–Crippen MR) is 120 cm³/mol. The van der Waals surface area contributed by atoms with Crippen LogP contribution in [0.15, 0.2) is 69.9 Å². The van der Waals surface area contributed by atoms with Gasteiger partial charge in [0, 0.05) is 21.8 Å². The Morgan fingerprint density at radius 3 is 1.85 bits per heavy atom. The third kappa shape index (κ3) is 8.86. The summed E-state index contributed by atoms with van der Waals surface area (Å²) < 4.78 is 12.2. The van der Waals surface area contributed by atoms with E-state index in [0.717, 1.165) is 23.7 Å². The summed E-state index contributed by atoms with van der Waals surface area (Å²) in [6, 6.07) is 3.38. The highest BCUT2D eigenvalue weighted by molar-refractivity contribution is 9.11. The van der Waals surface area contributed by atoms with Gasteiger partial charge in [0.15, 0.2) is 3.92 Å². The van der Waals surface area contributed by atoms with Gasteiger partial charge in [-0.25, -0.2) is 9.97 Å². The Balaban J connectivity index is 0.000000205. The second-order valence-corrected chi connectivity index (χ2v) is 8.96. The normalized spacial score (nSPS) is 9.37. The molecule has 0 aromatic carbocycles. The van der Waals surface area contributed by atoms with Crippen LogP contribution in [0.2, 0.25) is 0 Å². The van der Waals surface area contributed by atoms with Gasteiger partial charge in [-0.3, -0.25) is 0 Å². The standard InChI is InChI=1S/C7H4BrNOS.C4H5BO3.C3HBr2NS.CH4/c8-6-4-11-7(9-6)5-1-2-10-3-5;6-5(7)4-1-2-8-3-4;4-2-1-7-3(5)6-2;/h1-4H;1-3,6-7H;1H;1H4. The van der Waals surface area contributed by atoms with Gasteiger partial charge in [0.1, 0.15) is 20.5 Å². The van der Waals surface area contributed by atoms with E-state index in [4.69, 9.17) is 14.5 Å². The summed E-state index contributed by atoms with van der Waals surface area (Å²) in [6.07, 6.45) is 6.00. The third-order valence-corrected chi connectivity index (χ3v) is 6.21. The fourth-order valence-electron chi connectivity index (χ4n) is 1.43. The molecular weight excluding hydrogens is 587 g/mol. The van der Waals surface area contributed by atoms with Gasteiger partial charge >= 0.3 is 7.12 Å². The van der Waals surface area contributed by atoms with Crippen molar-refractivity contribution < 1.29 is 18.9 Å². The molecule has 0 radical (unpaired) electrons. The first-order valence-corrected chi connectivity index (χ1v) is 10.9. The zero-order chi connectivity index (χ0) is 18.9. The lowest BCUT2D eigenvalue weighted by Gasteiger charge is -1.86. The summed E-state index contributed by atoms with van der Waals surface area (Å²) >= 11 is 12.8. The van der Waals surface area contributed by atoms with Gasteiger partial charge < -0.3 is 18.9 Å². The zero-order valence-corrected chi connectivity index (χ0v) is 19.1. The zero-order valence-electron chi connectivity index (χ0n) is 12.8. The summed E-state index contributed by atoms with van der Waals surface area (Å²) in [5.74, 6) is 0. The molecule has 0 aliphatic rings. The molecule has 0 unspecified atom stereocenters. The fourth-order valence-corrected chi connectivity index (χ4v) is 4.35. The van der Waals surface area contributed by atoms with Crippen LogP contribution in [0.3, 0.4) is 0 Å². The third-order valence-electron chi connectivity index (χ3n) is 2.53. The van der Waals surface area contributed by atoms with Gasteiger partial charge in [-0.2, -0.15) is 0 Å². The Morgan fingerprint density at radius 1 is 0.889 bits per heavy atom. The van der Waals surface area contributed by atoms with E-state index in [-0.39, 0.29) is 7.43 Å². The number of aromatic nitrogens is 2. The van der Waals surface area contributed by atoms with Gasteiger partial charge in [-0.05, 0) is 59.9 Å². The van der Waals surface area contributed by atoms with E-state index in [2.05, 4.69) is 62.2 Å². The second-order valence-electron chi connectivity index (χ2n) is 4.34. The molecule has 4 rings (SSSR count). The molecule has 0 aliphatic heterocycles. The first-order chi connectivity index (χ1) is 12.5. The summed E-state index contributed by atoms with van der Waals surface area (Å²) in [5.41, 5.74) is 1.41. The maximum atomic E-state index is 8.41. The highest BCUT2D eigenvalue weighted by atomic mass is 79.9. The summed E-state index contributed by atoms with van der Waals surface area (Å²) in [4.78, 5) is 8.19. The predicted octanol–water partition coefficient (Wildman–Crippen LogP) is 5.43. The van der Waals surface area contributed by atoms with E-state index in [0.29, 0.717) is 5.46 Å². The number of nitrogens with zero attached hydrogens (tertiary/aromatic N) is 2. The van der Waals surface area contributed by atoms with Crippen molar-refractivity contribution in [1.82, 2.24) is 9.97 Å². The molecule has 4 aromatic heterocycles. The van der Waals surface area contributed by atoms with Crippen LogP contribution < -0.4 is 5.46 Å². The molecule has 4 heterocycles. The molecule has 6 nitrogen and oxygen atoms in total. The number of rotatable bonds is 2. The Kier molecular flexibility index (Phi) is 11.4. The minimum Gasteiger partial charge on any atom is -0.473 e. The molecule has 0 amide bonds. The number of halogens is 3. The molecule has 27 heavy (non-hydrogen) atoms. The van der Waals surface area contributed by atoms with E-state index in [1.165, 1.54) is 18.6 Å². The Bertz CT molecular complexity index is 866. The number of furan rings is 2. The molecule has 144 valence electrons. The Morgan fingerprint density at radius 2 is 1.52 bits per heavy atom. The van der Waals surface area contributed by atoms with Crippen LogP contribution in [0.25, 0.3) is 10.6 Å². The van der Waals surface area contributed by atoms with Crippen LogP contribution in [-0.2, 0) is 0 Å². The van der Waals surface area contributed by atoms with E-state index < -0.39 is 7.12 Å². The van der Waals surface area contributed by atoms with Gasteiger partial charge in [-0.15, -0.1) is 22.7 Å². The Labute approximate surface area is 189 Å². The van der Waals surface area contributed by atoms with Crippen molar-refractivity contribution in [2.24, 2.45) is 0 Å². The Hall–Kier alpha value is -0.755. The van der Waals surface area contributed by atoms with Crippen LogP contribution in [-0.4, -0.2) is 27.1 Å². The van der Waals surface area contributed by atoms with Crippen molar-refractivity contribution in [3.05, 3.63) is 61.1 Å². The first kappa shape index (κ1) is 24.3. The van der Waals surface area contributed by atoms with Crippen LogP contribution in [0.5, 0.6) is 0 Å². The van der Waals surface area contributed by atoms with Gasteiger partial charge in [0.2, 0.25) is 0 Å². The molecule has 2 N–H and O–H groups in total. The molecular formula is C15H14BBr3N2O4S2. The lowest BCUT2D eigenvalue weighted by Crippen LogP contribution is -2.27. The highest BCUT2D eigenvalue weighted by Crippen LogP contribution is 2.25. The number of hydrogen-bond donors (Lipinski definition) is 2. The van der Waals surface area contributed by atoms with E-state index >= 15 is 0 Å². The molecule has 0 bridgehead atoms. The van der Waals surface area contributed by atoms with Gasteiger partial charge in [0.05, 0.1) is 18.8 Å². The molecule has 12 heteroatoms. The minimum atomic E-state index is -1.41. The van der Waals surface area contributed by atoms with Crippen LogP contribution in [0, 0.1) is 0 Å². The quantitative estimate of drug-likeness (QED) is 0.298. The van der Waals surface area contributed by atoms with E-state index in [9.17, 15) is 0 Å². The summed E-state index contributed by atoms with van der Waals surface area (Å²) in [6.45, 7) is 0. The van der Waals surface area contributed by atoms with Crippen molar-refractivity contribution in [2.75, 3.05) is 0 Å². The van der Waals surface area contributed by atoms with Crippen LogP contribution >= 0.6 is 70.5 Å². The highest BCUT2D eigenvalue weighted by Gasteiger charge is 2.10. The molecule has 0 fully saturated rings. The first-order valence-electron chi connectivity index (χ1n) is 6.74. The second kappa shape index (κ2) is 12.7. The average molecular weight is 601 g/mol. The minimum absolute atomic E-state index is 0. The maximum Gasteiger partial charge on any atom is 0.491 e. The van der Waals surface area contributed by atoms with E-state index in [1.807, 2.05) is 16.8 Å². The van der Waals surface area contributed by atoms with Crippen molar-refractivity contribution in [3.63, 3.8) is 0 Å². The molecule has 0 saturated heterocycles. The van der Waals surface area contributed by atoms with Crippen molar-refractivity contribution >= 4 is 83.0 Å². The lowest BCUT2D eigenvalue weighted by molar-refractivity contribution is 0.425. The maximum absolute atomic E-state index is 8.41. The van der Waals surface area contributed by atoms with Crippen molar-refractivity contribution in [2.45, 2.75) is 7.43 Å². The van der Waals surface area contributed by atoms with Gasteiger partial charge in [-0.1, -0.05) is 7.43 Å². The molecule has 0 spiro atoms. The monoisotopic (exact) mass is 598 g/mol. The largest absolute Gasteiger partial charge is 0.491 e. The average Bonchev–Trinajstić information content (AvgIpc) is 3.37. The molecule has 0 atom stereocenters. The number of thiazole rings is 2. The van der Waals surface area contributed by atoms with Gasteiger partial charge in [0.25, 0.3) is 0 Å². The number of hydrogen-bond acceptors (Lipinski definition) is 8. The molecule has 4 aromatic rings. The summed E-state index contributed by atoms with van der Waals surface area (Å²) in [5, 5.41) is 21.7. The topological polar surface area (TPSA) is 92.5 Å². The SMILES string of the molecule is Brc1csc(-c2ccoc2)n1.Brc1csc(Br)n1.C.OB(O)c1ccoc1.